The van der Waals surface area contributed by atoms with Crippen LogP contribution in [0, 0.1) is 5.92 Å². The van der Waals surface area contributed by atoms with Crippen molar-refractivity contribution in [3.63, 3.8) is 0 Å². The van der Waals surface area contributed by atoms with Gasteiger partial charge >= 0.3 is 0 Å². The molecule has 1 fully saturated rings. The summed E-state index contributed by atoms with van der Waals surface area (Å²) < 4.78 is 0. The number of rotatable bonds is 2. The molecule has 31 heavy (non-hydrogen) atoms. The van der Waals surface area contributed by atoms with E-state index in [4.69, 9.17) is 0 Å². The second kappa shape index (κ2) is 6.94. The first-order valence-corrected chi connectivity index (χ1v) is 10.9. The predicted octanol–water partition coefficient (Wildman–Crippen LogP) is 3.63. The van der Waals surface area contributed by atoms with Gasteiger partial charge in [0.15, 0.2) is 0 Å². The smallest absolute Gasteiger partial charge is 0.254 e. The standard InChI is InChI=1S/C25H28N4O2/c1-15-22-13-16-5-6-17(23(30)28(3)4)11-19(16)25(15,2)9-10-29(22)24(31)18-7-8-20-21(12-18)27-14-26-20/h5-8,11-12,14-15,22H,9-10,13H2,1-4H3,(H,26,27)/t15-,22?,25-/m1/s1. The highest BCUT2D eigenvalue weighted by molar-refractivity contribution is 5.98. The number of hydrogen-bond donors (Lipinski definition) is 1. The summed E-state index contributed by atoms with van der Waals surface area (Å²) in [7, 11) is 3.57. The fraction of sp³-hybridized carbons (Fsp3) is 0.400. The number of nitrogens with one attached hydrogen (secondary N) is 1. The van der Waals surface area contributed by atoms with Gasteiger partial charge in [-0.3, -0.25) is 9.59 Å². The van der Waals surface area contributed by atoms with E-state index in [9.17, 15) is 9.59 Å². The third kappa shape index (κ3) is 2.96. The summed E-state index contributed by atoms with van der Waals surface area (Å²) in [6.07, 6.45) is 3.36. The molecule has 2 aliphatic rings. The lowest BCUT2D eigenvalue weighted by Crippen LogP contribution is -2.59. The van der Waals surface area contributed by atoms with Gasteiger partial charge in [-0.2, -0.15) is 0 Å². The van der Waals surface area contributed by atoms with Crippen LogP contribution in [0.3, 0.4) is 0 Å². The number of aromatic amines is 1. The molecule has 1 unspecified atom stereocenters. The second-order valence-electron chi connectivity index (χ2n) is 9.43. The number of nitrogens with zero attached hydrogens (tertiary/aromatic N) is 3. The normalized spacial score (nSPS) is 24.7. The van der Waals surface area contributed by atoms with Crippen LogP contribution in [-0.2, 0) is 11.8 Å². The van der Waals surface area contributed by atoms with E-state index in [1.165, 1.54) is 11.1 Å². The number of carbonyl (C=O) groups excluding carboxylic acids is 2. The Morgan fingerprint density at radius 3 is 2.71 bits per heavy atom. The van der Waals surface area contributed by atoms with E-state index >= 15 is 0 Å². The van der Waals surface area contributed by atoms with Gasteiger partial charge in [0.1, 0.15) is 0 Å². The molecular weight excluding hydrogens is 388 g/mol. The summed E-state index contributed by atoms with van der Waals surface area (Å²) in [5.74, 6) is 0.416. The topological polar surface area (TPSA) is 69.3 Å². The van der Waals surface area contributed by atoms with E-state index in [-0.39, 0.29) is 23.3 Å². The van der Waals surface area contributed by atoms with Gasteiger partial charge in [-0.1, -0.05) is 19.9 Å². The SMILES string of the molecule is C[C@@H]1C2Cc3ccc(C(=O)N(C)C)cc3[C@]1(C)CCN2C(=O)c1ccc2nc[nH]c2c1. The van der Waals surface area contributed by atoms with Crippen LogP contribution in [-0.4, -0.2) is 58.3 Å². The van der Waals surface area contributed by atoms with Crippen LogP contribution in [0.1, 0.15) is 52.1 Å². The summed E-state index contributed by atoms with van der Waals surface area (Å²) in [5.41, 5.74) is 5.66. The zero-order valence-electron chi connectivity index (χ0n) is 18.5. The maximum atomic E-state index is 13.5. The van der Waals surface area contributed by atoms with Crippen LogP contribution < -0.4 is 0 Å². The highest BCUT2D eigenvalue weighted by Crippen LogP contribution is 2.49. The molecular formula is C25H28N4O2. The number of imidazole rings is 1. The quantitative estimate of drug-likeness (QED) is 0.694. The van der Waals surface area contributed by atoms with Crippen molar-refractivity contribution in [1.29, 1.82) is 0 Å². The Hall–Kier alpha value is -3.15. The summed E-state index contributed by atoms with van der Waals surface area (Å²) in [5, 5.41) is 0. The number of piperidine rings is 1. The molecule has 2 bridgehead atoms. The van der Waals surface area contributed by atoms with Gasteiger partial charge in [0.25, 0.3) is 11.8 Å². The van der Waals surface area contributed by atoms with Gasteiger partial charge in [-0.05, 0) is 65.6 Å². The highest BCUT2D eigenvalue weighted by atomic mass is 16.2. The number of hydrogen-bond acceptors (Lipinski definition) is 3. The molecule has 0 radical (unpaired) electrons. The molecule has 2 heterocycles. The number of likely N-dealkylation sites (tertiary alicyclic amines) is 1. The van der Waals surface area contributed by atoms with Crippen LogP contribution in [0.4, 0.5) is 0 Å². The second-order valence-corrected chi connectivity index (χ2v) is 9.43. The minimum atomic E-state index is -0.0506. The summed E-state index contributed by atoms with van der Waals surface area (Å²) in [4.78, 5) is 37.0. The number of aromatic nitrogens is 2. The van der Waals surface area contributed by atoms with Gasteiger partial charge < -0.3 is 14.8 Å². The number of benzene rings is 2. The molecule has 0 spiro atoms. The molecule has 6 heteroatoms. The Kier molecular flexibility index (Phi) is 4.43. The average molecular weight is 417 g/mol. The Bertz CT molecular complexity index is 1200. The first-order chi connectivity index (χ1) is 14.8. The Morgan fingerprint density at radius 2 is 1.94 bits per heavy atom. The van der Waals surface area contributed by atoms with Gasteiger partial charge in [0, 0.05) is 37.8 Å². The molecule has 2 amide bonds. The van der Waals surface area contributed by atoms with Crippen molar-refractivity contribution in [2.75, 3.05) is 20.6 Å². The van der Waals surface area contributed by atoms with Crippen molar-refractivity contribution >= 4 is 22.8 Å². The molecule has 160 valence electrons. The van der Waals surface area contributed by atoms with Crippen LogP contribution in [0.2, 0.25) is 0 Å². The summed E-state index contributed by atoms with van der Waals surface area (Å²) >= 11 is 0. The van der Waals surface area contributed by atoms with E-state index in [1.54, 1.807) is 25.3 Å². The lowest BCUT2D eigenvalue weighted by atomic mass is 9.58. The van der Waals surface area contributed by atoms with Gasteiger partial charge in [-0.15, -0.1) is 0 Å². The van der Waals surface area contributed by atoms with Crippen molar-refractivity contribution < 1.29 is 9.59 Å². The molecule has 6 nitrogen and oxygen atoms in total. The zero-order valence-corrected chi connectivity index (χ0v) is 18.5. The van der Waals surface area contributed by atoms with Crippen molar-refractivity contribution in [2.45, 2.75) is 38.1 Å². The highest BCUT2D eigenvalue weighted by Gasteiger charge is 2.49. The Morgan fingerprint density at radius 1 is 1.16 bits per heavy atom. The van der Waals surface area contributed by atoms with E-state index in [1.807, 2.05) is 24.3 Å². The lowest BCUT2D eigenvalue weighted by molar-refractivity contribution is 0.0250. The monoisotopic (exact) mass is 416 g/mol. The average Bonchev–Trinajstić information content (AvgIpc) is 3.23. The third-order valence-electron chi connectivity index (χ3n) is 7.59. The van der Waals surface area contributed by atoms with Crippen molar-refractivity contribution in [3.8, 4) is 0 Å². The molecule has 1 N–H and O–H groups in total. The first-order valence-electron chi connectivity index (χ1n) is 10.9. The van der Waals surface area contributed by atoms with E-state index < -0.39 is 0 Å². The maximum Gasteiger partial charge on any atom is 0.254 e. The molecule has 3 aromatic rings. The predicted molar refractivity (Wildman–Crippen MR) is 120 cm³/mol. The Labute approximate surface area is 182 Å². The fourth-order valence-corrected chi connectivity index (χ4v) is 5.50. The number of H-pyrrole nitrogens is 1. The van der Waals surface area contributed by atoms with E-state index in [0.29, 0.717) is 11.5 Å². The molecule has 1 aliphatic heterocycles. The fourth-order valence-electron chi connectivity index (χ4n) is 5.50. The number of amides is 2. The van der Waals surface area contributed by atoms with Crippen molar-refractivity contribution in [1.82, 2.24) is 19.8 Å². The van der Waals surface area contributed by atoms with E-state index in [2.05, 4.69) is 40.8 Å². The number of carbonyl (C=O) groups is 2. The largest absolute Gasteiger partial charge is 0.345 e. The summed E-state index contributed by atoms with van der Waals surface area (Å²) in [6.45, 7) is 5.27. The van der Waals surface area contributed by atoms with Crippen LogP contribution in [0.15, 0.2) is 42.7 Å². The van der Waals surface area contributed by atoms with E-state index in [0.717, 1.165) is 36.0 Å². The minimum Gasteiger partial charge on any atom is -0.345 e. The molecule has 1 saturated heterocycles. The molecule has 5 rings (SSSR count). The van der Waals surface area contributed by atoms with Crippen molar-refractivity contribution in [3.05, 3.63) is 65.0 Å². The van der Waals surface area contributed by atoms with Gasteiger partial charge in [0.2, 0.25) is 0 Å². The molecule has 0 saturated carbocycles. The number of fused-ring (bicyclic) bond motifs is 5. The zero-order chi connectivity index (χ0) is 21.9. The third-order valence-corrected chi connectivity index (χ3v) is 7.59. The summed E-state index contributed by atoms with van der Waals surface area (Å²) in [6, 6.07) is 11.9. The maximum absolute atomic E-state index is 13.5. The molecule has 1 aromatic heterocycles. The van der Waals surface area contributed by atoms with Crippen molar-refractivity contribution in [2.24, 2.45) is 5.92 Å². The minimum absolute atomic E-state index is 0.0305. The molecule has 2 aromatic carbocycles. The van der Waals surface area contributed by atoms with Crippen LogP contribution in [0.25, 0.3) is 11.0 Å². The molecule has 3 atom stereocenters. The lowest BCUT2D eigenvalue weighted by Gasteiger charge is -2.54. The Balaban J connectivity index is 1.49. The van der Waals surface area contributed by atoms with Crippen LogP contribution in [0.5, 0.6) is 0 Å². The van der Waals surface area contributed by atoms with Gasteiger partial charge in [-0.25, -0.2) is 4.98 Å². The first kappa shape index (κ1) is 19.8. The molecule has 1 aliphatic carbocycles. The van der Waals surface area contributed by atoms with Gasteiger partial charge in [0.05, 0.1) is 17.4 Å². The van der Waals surface area contributed by atoms with Crippen LogP contribution >= 0.6 is 0 Å².